The Hall–Kier alpha value is -1.38. The fourth-order valence-corrected chi connectivity index (χ4v) is 0.718. The topological polar surface area (TPSA) is 30.2 Å². The molecule has 0 saturated heterocycles. The first kappa shape index (κ1) is 4.49. The standard InChI is InChI=1S/C6H4N3/c1-3-7-6-2-4-8-9(6)5-1/h1-2,4-5H. The number of rotatable bonds is 0. The summed E-state index contributed by atoms with van der Waals surface area (Å²) in [5.41, 5.74) is 0.831. The lowest BCUT2D eigenvalue weighted by Gasteiger charge is -1.85. The Morgan fingerprint density at radius 2 is 2.56 bits per heavy atom. The second kappa shape index (κ2) is 1.55. The van der Waals surface area contributed by atoms with Crippen molar-refractivity contribution < 1.29 is 0 Å². The van der Waals surface area contributed by atoms with Crippen molar-refractivity contribution in [1.29, 1.82) is 0 Å². The summed E-state index contributed by atoms with van der Waals surface area (Å²) in [5.74, 6) is 0. The molecule has 0 spiro atoms. The van der Waals surface area contributed by atoms with E-state index in [1.807, 2.05) is 12.3 Å². The molecule has 0 aromatic carbocycles. The van der Waals surface area contributed by atoms with Crippen LogP contribution in [-0.2, 0) is 0 Å². The van der Waals surface area contributed by atoms with Gasteiger partial charge in [-0.15, -0.1) is 0 Å². The van der Waals surface area contributed by atoms with Crippen molar-refractivity contribution in [2.24, 2.45) is 0 Å². The fourth-order valence-electron chi connectivity index (χ4n) is 0.718. The van der Waals surface area contributed by atoms with Crippen LogP contribution >= 0.6 is 0 Å². The smallest absolute Gasteiger partial charge is 0.155 e. The van der Waals surface area contributed by atoms with Crippen molar-refractivity contribution in [2.45, 2.75) is 0 Å². The first-order chi connectivity index (χ1) is 4.47. The molecule has 9 heavy (non-hydrogen) atoms. The Balaban J connectivity index is 2.95. The van der Waals surface area contributed by atoms with Crippen molar-refractivity contribution >= 4 is 5.65 Å². The first-order valence-corrected chi connectivity index (χ1v) is 2.63. The summed E-state index contributed by atoms with van der Waals surface area (Å²) in [6.45, 7) is 0. The summed E-state index contributed by atoms with van der Waals surface area (Å²) in [4.78, 5) is 3.92. The molecule has 0 unspecified atom stereocenters. The fraction of sp³-hybridized carbons (Fsp3) is 0. The summed E-state index contributed by atoms with van der Waals surface area (Å²) in [6.07, 6.45) is 6.22. The van der Waals surface area contributed by atoms with E-state index in [4.69, 9.17) is 0 Å². The lowest BCUT2D eigenvalue weighted by molar-refractivity contribution is 0.938. The van der Waals surface area contributed by atoms with Gasteiger partial charge in [0.15, 0.2) is 5.65 Å². The third kappa shape index (κ3) is 0.579. The minimum atomic E-state index is 0.831. The average Bonchev–Trinajstić information content (AvgIpc) is 2.33. The normalized spacial score (nSPS) is 10.2. The Bertz CT molecular complexity index is 282. The SMILES string of the molecule is [c]1ccn2nccc2n1. The van der Waals surface area contributed by atoms with Gasteiger partial charge in [-0.2, -0.15) is 5.10 Å². The maximum atomic E-state index is 3.95. The average molecular weight is 118 g/mol. The van der Waals surface area contributed by atoms with Crippen LogP contribution in [0.15, 0.2) is 24.5 Å². The third-order valence-electron chi connectivity index (χ3n) is 1.12. The Morgan fingerprint density at radius 1 is 1.56 bits per heavy atom. The molecular formula is C6H4N3. The highest BCUT2D eigenvalue weighted by atomic mass is 15.2. The van der Waals surface area contributed by atoms with Crippen LogP contribution in [0, 0.1) is 6.20 Å². The van der Waals surface area contributed by atoms with Crippen molar-refractivity contribution in [3.8, 4) is 0 Å². The highest BCUT2D eigenvalue weighted by Crippen LogP contribution is 1.92. The van der Waals surface area contributed by atoms with Gasteiger partial charge in [0.2, 0.25) is 0 Å². The molecule has 0 aliphatic rings. The highest BCUT2D eigenvalue weighted by Gasteiger charge is 1.87. The zero-order valence-corrected chi connectivity index (χ0v) is 4.65. The highest BCUT2D eigenvalue weighted by molar-refractivity contribution is 5.33. The zero-order chi connectivity index (χ0) is 6.10. The maximum absolute atomic E-state index is 3.95. The van der Waals surface area contributed by atoms with E-state index < -0.39 is 0 Å². The lowest BCUT2D eigenvalue weighted by Crippen LogP contribution is -1.85. The van der Waals surface area contributed by atoms with Crippen molar-refractivity contribution in [3.63, 3.8) is 0 Å². The summed E-state index contributed by atoms with van der Waals surface area (Å²) >= 11 is 0. The molecule has 1 radical (unpaired) electrons. The number of aromatic nitrogens is 3. The van der Waals surface area contributed by atoms with E-state index >= 15 is 0 Å². The van der Waals surface area contributed by atoms with Gasteiger partial charge < -0.3 is 0 Å². The molecule has 0 aliphatic carbocycles. The van der Waals surface area contributed by atoms with Crippen LogP contribution in [0.2, 0.25) is 0 Å². The molecule has 2 heterocycles. The molecule has 2 aromatic heterocycles. The monoisotopic (exact) mass is 118 g/mol. The minimum Gasteiger partial charge on any atom is -0.227 e. The van der Waals surface area contributed by atoms with Crippen LogP contribution in [0.25, 0.3) is 5.65 Å². The van der Waals surface area contributed by atoms with Crippen LogP contribution in [0.1, 0.15) is 0 Å². The van der Waals surface area contributed by atoms with E-state index in [0.717, 1.165) is 5.65 Å². The molecule has 3 heteroatoms. The van der Waals surface area contributed by atoms with Gasteiger partial charge in [-0.1, -0.05) is 0 Å². The second-order valence-electron chi connectivity index (χ2n) is 1.69. The van der Waals surface area contributed by atoms with E-state index in [1.165, 1.54) is 0 Å². The molecule has 0 atom stereocenters. The van der Waals surface area contributed by atoms with Crippen LogP contribution in [0.5, 0.6) is 0 Å². The van der Waals surface area contributed by atoms with Crippen LogP contribution in [0.4, 0.5) is 0 Å². The number of hydrogen-bond donors (Lipinski definition) is 0. The van der Waals surface area contributed by atoms with E-state index in [0.29, 0.717) is 0 Å². The number of hydrogen-bond acceptors (Lipinski definition) is 2. The summed E-state index contributed by atoms with van der Waals surface area (Å²) in [5, 5.41) is 3.95. The van der Waals surface area contributed by atoms with Gasteiger partial charge >= 0.3 is 0 Å². The summed E-state index contributed by atoms with van der Waals surface area (Å²) in [6, 6.07) is 3.55. The molecule has 0 saturated carbocycles. The van der Waals surface area contributed by atoms with Crippen LogP contribution in [-0.4, -0.2) is 14.6 Å². The van der Waals surface area contributed by atoms with Crippen molar-refractivity contribution in [1.82, 2.24) is 14.6 Å². The molecule has 0 amide bonds. The van der Waals surface area contributed by atoms with Gasteiger partial charge in [-0.3, -0.25) is 0 Å². The van der Waals surface area contributed by atoms with Gasteiger partial charge in [0, 0.05) is 12.3 Å². The van der Waals surface area contributed by atoms with E-state index in [2.05, 4.69) is 16.3 Å². The molecule has 0 N–H and O–H groups in total. The molecule has 2 rings (SSSR count). The van der Waals surface area contributed by atoms with Crippen molar-refractivity contribution in [3.05, 3.63) is 30.7 Å². The largest absolute Gasteiger partial charge is 0.227 e. The molecule has 3 nitrogen and oxygen atoms in total. The van der Waals surface area contributed by atoms with E-state index in [9.17, 15) is 0 Å². The quantitative estimate of drug-likeness (QED) is 0.505. The molecule has 2 aromatic rings. The Labute approximate surface area is 52.0 Å². The van der Waals surface area contributed by atoms with Gasteiger partial charge in [-0.25, -0.2) is 9.50 Å². The van der Waals surface area contributed by atoms with Crippen LogP contribution < -0.4 is 0 Å². The van der Waals surface area contributed by atoms with Gasteiger partial charge in [0.25, 0.3) is 0 Å². The van der Waals surface area contributed by atoms with Gasteiger partial charge in [0.1, 0.15) is 0 Å². The predicted octanol–water partition coefficient (Wildman–Crippen LogP) is 0.529. The van der Waals surface area contributed by atoms with E-state index in [-0.39, 0.29) is 0 Å². The number of nitrogens with zero attached hydrogens (tertiary/aromatic N) is 3. The Kier molecular flexibility index (Phi) is 0.773. The van der Waals surface area contributed by atoms with Gasteiger partial charge in [0.05, 0.1) is 12.4 Å². The molecule has 0 aliphatic heterocycles. The first-order valence-electron chi connectivity index (χ1n) is 2.63. The second-order valence-corrected chi connectivity index (χ2v) is 1.69. The zero-order valence-electron chi connectivity index (χ0n) is 4.65. The predicted molar refractivity (Wildman–Crippen MR) is 31.8 cm³/mol. The van der Waals surface area contributed by atoms with Crippen LogP contribution in [0.3, 0.4) is 0 Å². The number of fused-ring (bicyclic) bond motifs is 1. The van der Waals surface area contributed by atoms with Gasteiger partial charge in [-0.05, 0) is 6.07 Å². The summed E-state index contributed by atoms with van der Waals surface area (Å²) < 4.78 is 1.69. The molecule has 0 fully saturated rings. The molecule has 43 valence electrons. The van der Waals surface area contributed by atoms with Crippen molar-refractivity contribution in [2.75, 3.05) is 0 Å². The molecule has 0 bridgehead atoms. The minimum absolute atomic E-state index is 0.831. The third-order valence-corrected chi connectivity index (χ3v) is 1.12. The summed E-state index contributed by atoms with van der Waals surface area (Å²) in [7, 11) is 0. The molecular weight excluding hydrogens is 114 g/mol. The van der Waals surface area contributed by atoms with E-state index in [1.54, 1.807) is 16.8 Å². The maximum Gasteiger partial charge on any atom is 0.155 e. The Morgan fingerprint density at radius 3 is 3.44 bits per heavy atom. The lowest BCUT2D eigenvalue weighted by atomic mass is 10.6.